The Hall–Kier alpha value is -3.93. The Bertz CT molecular complexity index is 1250. The maximum Gasteiger partial charge on any atom is 0.343 e. The summed E-state index contributed by atoms with van der Waals surface area (Å²) in [6.45, 7) is 8.11. The van der Waals surface area contributed by atoms with Crippen molar-refractivity contribution in [3.8, 4) is 16.9 Å². The number of benzene rings is 3. The second-order valence-corrected chi connectivity index (χ2v) is 10.5. The second-order valence-electron chi connectivity index (χ2n) is 10.5. The minimum absolute atomic E-state index is 0.107. The van der Waals surface area contributed by atoms with Crippen LogP contribution in [-0.2, 0) is 9.47 Å². The van der Waals surface area contributed by atoms with E-state index in [0.717, 1.165) is 62.5 Å². The van der Waals surface area contributed by atoms with E-state index in [1.165, 1.54) is 0 Å². The van der Waals surface area contributed by atoms with E-state index < -0.39 is 5.97 Å². The van der Waals surface area contributed by atoms with Crippen LogP contribution in [0.2, 0.25) is 0 Å². The Morgan fingerprint density at radius 1 is 0.537 bits per heavy atom. The smallest absolute Gasteiger partial charge is 0.343 e. The third-order valence-electron chi connectivity index (χ3n) is 6.92. The van der Waals surface area contributed by atoms with Gasteiger partial charge >= 0.3 is 17.9 Å². The van der Waals surface area contributed by atoms with Crippen LogP contribution in [-0.4, -0.2) is 30.1 Å². The van der Waals surface area contributed by atoms with E-state index in [2.05, 4.69) is 13.8 Å². The van der Waals surface area contributed by atoms with Gasteiger partial charge in [0.25, 0.3) is 0 Å². The van der Waals surface area contributed by atoms with Crippen molar-refractivity contribution in [1.29, 1.82) is 0 Å². The molecule has 6 heteroatoms. The van der Waals surface area contributed by atoms with Crippen LogP contribution in [0.1, 0.15) is 110 Å². The van der Waals surface area contributed by atoms with Gasteiger partial charge in [0.15, 0.2) is 0 Å². The average molecular weight is 559 g/mol. The van der Waals surface area contributed by atoms with E-state index in [1.54, 1.807) is 48.5 Å². The SMILES string of the molecule is CCCCC[C@@H](C)OC(=O)c1ccc(OC(=O)c2ccc(-c3ccc(C(=O)O[C@H](C)CCCCC)cc3)cc2)cc1. The van der Waals surface area contributed by atoms with Crippen molar-refractivity contribution in [2.45, 2.75) is 91.3 Å². The van der Waals surface area contributed by atoms with E-state index in [9.17, 15) is 14.4 Å². The first-order valence-corrected chi connectivity index (χ1v) is 14.7. The summed E-state index contributed by atoms with van der Waals surface area (Å²) in [6.07, 6.45) is 8.05. The zero-order chi connectivity index (χ0) is 29.6. The highest BCUT2D eigenvalue weighted by atomic mass is 16.5. The molecule has 0 fully saturated rings. The largest absolute Gasteiger partial charge is 0.459 e. The van der Waals surface area contributed by atoms with Gasteiger partial charge in [0.2, 0.25) is 0 Å². The van der Waals surface area contributed by atoms with Gasteiger partial charge in [-0.2, -0.15) is 0 Å². The summed E-state index contributed by atoms with van der Waals surface area (Å²) in [7, 11) is 0. The van der Waals surface area contributed by atoms with Crippen LogP contribution in [0.3, 0.4) is 0 Å². The zero-order valence-electron chi connectivity index (χ0n) is 24.7. The molecule has 0 N–H and O–H groups in total. The molecule has 0 amide bonds. The molecule has 0 aromatic heterocycles. The fraction of sp³-hybridized carbons (Fsp3) is 0.400. The Morgan fingerprint density at radius 3 is 1.29 bits per heavy atom. The van der Waals surface area contributed by atoms with Gasteiger partial charge < -0.3 is 14.2 Å². The maximum atomic E-state index is 12.7. The summed E-state index contributed by atoms with van der Waals surface area (Å²) < 4.78 is 16.5. The van der Waals surface area contributed by atoms with Crippen molar-refractivity contribution >= 4 is 17.9 Å². The standard InChI is InChI=1S/C35H42O6/c1-5-7-9-11-25(3)39-33(36)29-17-13-27(14-18-29)28-15-19-30(20-16-28)35(38)41-32-23-21-31(22-24-32)34(37)40-26(4)12-10-8-6-2/h13-26H,5-12H2,1-4H3/t25-,26-/m1/s1. The molecule has 218 valence electrons. The molecule has 3 rings (SSSR count). The van der Waals surface area contributed by atoms with Crippen LogP contribution >= 0.6 is 0 Å². The summed E-state index contributed by atoms with van der Waals surface area (Å²) in [5.74, 6) is -0.860. The zero-order valence-corrected chi connectivity index (χ0v) is 24.7. The monoisotopic (exact) mass is 558 g/mol. The maximum absolute atomic E-state index is 12.7. The molecule has 0 spiro atoms. The van der Waals surface area contributed by atoms with E-state index >= 15 is 0 Å². The van der Waals surface area contributed by atoms with E-state index in [0.29, 0.717) is 22.4 Å². The summed E-state index contributed by atoms with van der Waals surface area (Å²) >= 11 is 0. The Balaban J connectivity index is 1.52. The quantitative estimate of drug-likeness (QED) is 0.105. The summed E-state index contributed by atoms with van der Waals surface area (Å²) in [5.41, 5.74) is 3.14. The lowest BCUT2D eigenvalue weighted by Crippen LogP contribution is -2.15. The summed E-state index contributed by atoms with van der Waals surface area (Å²) in [4.78, 5) is 37.5. The molecule has 0 bridgehead atoms. The molecular weight excluding hydrogens is 516 g/mol. The first-order valence-electron chi connectivity index (χ1n) is 14.7. The molecule has 0 heterocycles. The number of ether oxygens (including phenoxy) is 3. The molecule has 6 nitrogen and oxygen atoms in total. The van der Waals surface area contributed by atoms with Gasteiger partial charge in [-0.15, -0.1) is 0 Å². The van der Waals surface area contributed by atoms with Gasteiger partial charge in [-0.05, 0) is 99.2 Å². The van der Waals surface area contributed by atoms with Crippen molar-refractivity contribution in [3.05, 3.63) is 89.5 Å². The number of carbonyl (C=O) groups is 3. The van der Waals surface area contributed by atoms with E-state index in [1.807, 2.05) is 38.1 Å². The normalized spacial score (nSPS) is 12.3. The molecular formula is C35H42O6. The summed E-state index contributed by atoms with van der Waals surface area (Å²) in [6, 6.07) is 20.7. The number of hydrogen-bond acceptors (Lipinski definition) is 6. The van der Waals surface area contributed by atoms with Crippen molar-refractivity contribution in [2.24, 2.45) is 0 Å². The van der Waals surface area contributed by atoms with E-state index in [4.69, 9.17) is 14.2 Å². The number of esters is 3. The number of hydrogen-bond donors (Lipinski definition) is 0. The first kappa shape index (κ1) is 31.6. The Labute approximate surface area is 244 Å². The molecule has 41 heavy (non-hydrogen) atoms. The third-order valence-corrected chi connectivity index (χ3v) is 6.92. The lowest BCUT2D eigenvalue weighted by molar-refractivity contribution is 0.0309. The highest BCUT2D eigenvalue weighted by molar-refractivity contribution is 5.93. The van der Waals surface area contributed by atoms with Gasteiger partial charge in [-0.3, -0.25) is 0 Å². The van der Waals surface area contributed by atoms with Crippen LogP contribution in [0, 0.1) is 0 Å². The molecule has 3 aromatic rings. The number of unbranched alkanes of at least 4 members (excludes halogenated alkanes) is 4. The molecule has 0 aliphatic rings. The predicted octanol–water partition coefficient (Wildman–Crippen LogP) is 8.82. The van der Waals surface area contributed by atoms with E-state index in [-0.39, 0.29) is 24.1 Å². The first-order chi connectivity index (χ1) is 19.8. The van der Waals surface area contributed by atoms with Gasteiger partial charge in [0.1, 0.15) is 5.75 Å². The summed E-state index contributed by atoms with van der Waals surface area (Å²) in [5, 5.41) is 0. The van der Waals surface area contributed by atoms with Crippen molar-refractivity contribution in [1.82, 2.24) is 0 Å². The predicted molar refractivity (Wildman–Crippen MR) is 161 cm³/mol. The van der Waals surface area contributed by atoms with Crippen LogP contribution in [0.4, 0.5) is 0 Å². The van der Waals surface area contributed by atoms with Crippen LogP contribution < -0.4 is 4.74 Å². The van der Waals surface area contributed by atoms with Crippen molar-refractivity contribution < 1.29 is 28.6 Å². The molecule has 0 saturated heterocycles. The molecule has 0 radical (unpaired) electrons. The highest BCUT2D eigenvalue weighted by Gasteiger charge is 2.15. The number of carbonyl (C=O) groups excluding carboxylic acids is 3. The van der Waals surface area contributed by atoms with Gasteiger partial charge in [0, 0.05) is 0 Å². The van der Waals surface area contributed by atoms with Crippen LogP contribution in [0.25, 0.3) is 11.1 Å². The number of rotatable bonds is 15. The Kier molecular flexibility index (Phi) is 12.6. The highest BCUT2D eigenvalue weighted by Crippen LogP contribution is 2.22. The molecule has 0 aliphatic heterocycles. The third kappa shape index (κ3) is 10.2. The molecule has 0 aliphatic carbocycles. The lowest BCUT2D eigenvalue weighted by Gasteiger charge is -2.13. The van der Waals surface area contributed by atoms with Crippen molar-refractivity contribution in [3.63, 3.8) is 0 Å². The molecule has 2 atom stereocenters. The van der Waals surface area contributed by atoms with Crippen LogP contribution in [0.15, 0.2) is 72.8 Å². The van der Waals surface area contributed by atoms with Crippen molar-refractivity contribution in [2.75, 3.05) is 0 Å². The minimum Gasteiger partial charge on any atom is -0.459 e. The second kappa shape index (κ2) is 16.4. The Morgan fingerprint density at radius 2 is 0.902 bits per heavy atom. The fourth-order valence-corrected chi connectivity index (χ4v) is 4.41. The lowest BCUT2D eigenvalue weighted by atomic mass is 10.0. The average Bonchev–Trinajstić information content (AvgIpc) is 2.98. The minimum atomic E-state index is -0.498. The topological polar surface area (TPSA) is 78.9 Å². The van der Waals surface area contributed by atoms with Gasteiger partial charge in [-0.1, -0.05) is 63.8 Å². The molecule has 0 unspecified atom stereocenters. The molecule has 0 saturated carbocycles. The fourth-order valence-electron chi connectivity index (χ4n) is 4.41. The van der Waals surface area contributed by atoms with Gasteiger partial charge in [-0.25, -0.2) is 14.4 Å². The molecule has 3 aromatic carbocycles. The van der Waals surface area contributed by atoms with Gasteiger partial charge in [0.05, 0.1) is 28.9 Å². The van der Waals surface area contributed by atoms with Crippen LogP contribution in [0.5, 0.6) is 5.75 Å².